The fraction of sp³-hybridized carbons (Fsp3) is 0.714. The minimum Gasteiger partial charge on any atom is -0.368 e. The molecule has 0 amide bonds. The maximum atomic E-state index is 4.55. The Morgan fingerprint density at radius 2 is 1.89 bits per heavy atom. The molecule has 1 aromatic heterocycles. The Hall–Kier alpha value is -1.16. The number of nitrogens with one attached hydrogen (secondary N) is 1. The van der Waals surface area contributed by atoms with Gasteiger partial charge in [-0.15, -0.1) is 0 Å². The summed E-state index contributed by atoms with van der Waals surface area (Å²) in [4.78, 5) is 11.2. The molecule has 0 bridgehead atoms. The second-order valence-electron chi connectivity index (χ2n) is 5.97. The fourth-order valence-corrected chi connectivity index (χ4v) is 1.41. The van der Waals surface area contributed by atoms with E-state index in [1.165, 1.54) is 0 Å². The molecule has 102 valence electrons. The molecule has 0 aliphatic heterocycles. The van der Waals surface area contributed by atoms with Crippen LogP contribution in [-0.4, -0.2) is 41.0 Å². The zero-order valence-electron chi connectivity index (χ0n) is 12.7. The molecule has 0 radical (unpaired) electrons. The highest BCUT2D eigenvalue weighted by atomic mass is 15.2. The Bertz CT molecular complexity index is 397. The van der Waals surface area contributed by atoms with Gasteiger partial charge in [0, 0.05) is 29.8 Å². The van der Waals surface area contributed by atoms with Crippen molar-refractivity contribution in [2.45, 2.75) is 46.1 Å². The SMILES string of the molecule is Cc1cc(NCC(C)(C)N(C)C)nc(C(C)C)n1. The summed E-state index contributed by atoms with van der Waals surface area (Å²) in [5.74, 6) is 2.17. The Balaban J connectivity index is 2.79. The van der Waals surface area contributed by atoms with Crippen LogP contribution in [0, 0.1) is 6.92 Å². The van der Waals surface area contributed by atoms with Gasteiger partial charge in [0.2, 0.25) is 0 Å². The maximum absolute atomic E-state index is 4.55. The first kappa shape index (κ1) is 14.9. The van der Waals surface area contributed by atoms with E-state index in [9.17, 15) is 0 Å². The van der Waals surface area contributed by atoms with Crippen molar-refractivity contribution in [2.24, 2.45) is 0 Å². The van der Waals surface area contributed by atoms with Crippen LogP contribution in [0.15, 0.2) is 6.07 Å². The van der Waals surface area contributed by atoms with Crippen molar-refractivity contribution in [3.63, 3.8) is 0 Å². The fourth-order valence-electron chi connectivity index (χ4n) is 1.41. The summed E-state index contributed by atoms with van der Waals surface area (Å²) >= 11 is 0. The van der Waals surface area contributed by atoms with E-state index in [0.717, 1.165) is 23.9 Å². The molecular weight excluding hydrogens is 224 g/mol. The molecule has 0 saturated heterocycles. The van der Waals surface area contributed by atoms with Crippen LogP contribution in [0.4, 0.5) is 5.82 Å². The smallest absolute Gasteiger partial charge is 0.133 e. The third kappa shape index (κ3) is 3.95. The van der Waals surface area contributed by atoms with Crippen molar-refractivity contribution in [3.05, 3.63) is 17.6 Å². The lowest BCUT2D eigenvalue weighted by Crippen LogP contribution is -2.44. The molecule has 0 aliphatic rings. The number of hydrogen-bond donors (Lipinski definition) is 1. The van der Waals surface area contributed by atoms with Crippen LogP contribution in [0.25, 0.3) is 0 Å². The number of nitrogens with zero attached hydrogens (tertiary/aromatic N) is 3. The van der Waals surface area contributed by atoms with E-state index in [0.29, 0.717) is 5.92 Å². The predicted octanol–water partition coefficient (Wildman–Crippen LogP) is 2.66. The van der Waals surface area contributed by atoms with Gasteiger partial charge >= 0.3 is 0 Å². The molecule has 0 saturated carbocycles. The zero-order chi connectivity index (χ0) is 13.9. The van der Waals surface area contributed by atoms with Crippen LogP contribution < -0.4 is 5.32 Å². The summed E-state index contributed by atoms with van der Waals surface area (Å²) in [6.45, 7) is 11.5. The Morgan fingerprint density at radius 1 is 1.28 bits per heavy atom. The maximum Gasteiger partial charge on any atom is 0.133 e. The van der Waals surface area contributed by atoms with Gasteiger partial charge in [-0.05, 0) is 34.9 Å². The number of aromatic nitrogens is 2. The molecular formula is C14H26N4. The number of rotatable bonds is 5. The van der Waals surface area contributed by atoms with E-state index in [1.54, 1.807) is 0 Å². The van der Waals surface area contributed by atoms with E-state index >= 15 is 0 Å². The third-order valence-corrected chi connectivity index (χ3v) is 3.30. The largest absolute Gasteiger partial charge is 0.368 e. The molecule has 1 N–H and O–H groups in total. The number of likely N-dealkylation sites (N-methyl/N-ethyl adjacent to an activating group) is 1. The molecule has 0 atom stereocenters. The molecule has 1 aromatic rings. The van der Waals surface area contributed by atoms with Crippen molar-refractivity contribution < 1.29 is 0 Å². The monoisotopic (exact) mass is 250 g/mol. The molecule has 4 nitrogen and oxygen atoms in total. The van der Waals surface area contributed by atoms with Gasteiger partial charge < -0.3 is 10.2 Å². The van der Waals surface area contributed by atoms with E-state index in [1.807, 2.05) is 13.0 Å². The second-order valence-corrected chi connectivity index (χ2v) is 5.97. The van der Waals surface area contributed by atoms with Gasteiger partial charge in [-0.2, -0.15) is 0 Å². The molecule has 18 heavy (non-hydrogen) atoms. The van der Waals surface area contributed by atoms with E-state index in [2.05, 4.69) is 62.0 Å². The number of aryl methyl sites for hydroxylation is 1. The highest BCUT2D eigenvalue weighted by Crippen LogP contribution is 2.15. The summed E-state index contributed by atoms with van der Waals surface area (Å²) in [6, 6.07) is 2.00. The molecule has 0 aliphatic carbocycles. The van der Waals surface area contributed by atoms with E-state index in [4.69, 9.17) is 0 Å². The van der Waals surface area contributed by atoms with Crippen molar-refractivity contribution in [2.75, 3.05) is 26.0 Å². The zero-order valence-corrected chi connectivity index (χ0v) is 12.7. The lowest BCUT2D eigenvalue weighted by molar-refractivity contribution is 0.210. The highest BCUT2D eigenvalue weighted by Gasteiger charge is 2.20. The van der Waals surface area contributed by atoms with Gasteiger partial charge in [0.1, 0.15) is 11.6 Å². The molecule has 1 heterocycles. The van der Waals surface area contributed by atoms with Gasteiger partial charge in [-0.3, -0.25) is 0 Å². The van der Waals surface area contributed by atoms with Gasteiger partial charge in [-0.1, -0.05) is 13.8 Å². The first-order valence-corrected chi connectivity index (χ1v) is 6.49. The second kappa shape index (κ2) is 5.65. The lowest BCUT2D eigenvalue weighted by Gasteiger charge is -2.32. The minimum absolute atomic E-state index is 0.0941. The standard InChI is InChI=1S/C14H26N4/c1-10(2)13-16-11(3)8-12(17-13)15-9-14(4,5)18(6)7/h8,10H,9H2,1-7H3,(H,15,16,17). The highest BCUT2D eigenvalue weighted by molar-refractivity contribution is 5.36. The molecule has 0 fully saturated rings. The first-order valence-electron chi connectivity index (χ1n) is 6.49. The summed E-state index contributed by atoms with van der Waals surface area (Å²) in [5.41, 5.74) is 1.11. The molecule has 0 aromatic carbocycles. The van der Waals surface area contributed by atoms with Crippen LogP contribution in [0.2, 0.25) is 0 Å². The molecule has 1 rings (SSSR count). The first-order chi connectivity index (χ1) is 8.22. The van der Waals surface area contributed by atoms with Crippen LogP contribution in [0.1, 0.15) is 45.1 Å². The normalized spacial score (nSPS) is 12.3. The predicted molar refractivity (Wildman–Crippen MR) is 77.1 cm³/mol. The summed E-state index contributed by atoms with van der Waals surface area (Å²) in [5, 5.41) is 3.41. The number of hydrogen-bond acceptors (Lipinski definition) is 4. The van der Waals surface area contributed by atoms with Crippen molar-refractivity contribution in [3.8, 4) is 0 Å². The van der Waals surface area contributed by atoms with Gasteiger partial charge in [0.15, 0.2) is 0 Å². The van der Waals surface area contributed by atoms with Crippen molar-refractivity contribution in [1.29, 1.82) is 0 Å². The molecule has 4 heteroatoms. The van der Waals surface area contributed by atoms with Gasteiger partial charge in [0.05, 0.1) is 0 Å². The quantitative estimate of drug-likeness (QED) is 0.872. The average molecular weight is 250 g/mol. The summed E-state index contributed by atoms with van der Waals surface area (Å²) < 4.78 is 0. The van der Waals surface area contributed by atoms with Crippen LogP contribution in [-0.2, 0) is 0 Å². The van der Waals surface area contributed by atoms with Crippen molar-refractivity contribution in [1.82, 2.24) is 14.9 Å². The summed E-state index contributed by atoms with van der Waals surface area (Å²) in [6.07, 6.45) is 0. The molecule has 0 spiro atoms. The Kier molecular flexibility index (Phi) is 4.68. The third-order valence-electron chi connectivity index (χ3n) is 3.30. The molecule has 0 unspecified atom stereocenters. The minimum atomic E-state index is 0.0941. The van der Waals surface area contributed by atoms with Crippen LogP contribution in [0.3, 0.4) is 0 Å². The average Bonchev–Trinajstić information content (AvgIpc) is 2.25. The summed E-state index contributed by atoms with van der Waals surface area (Å²) in [7, 11) is 4.18. The topological polar surface area (TPSA) is 41.0 Å². The van der Waals surface area contributed by atoms with Crippen molar-refractivity contribution >= 4 is 5.82 Å². The Labute approximate surface area is 111 Å². The Morgan fingerprint density at radius 3 is 2.39 bits per heavy atom. The van der Waals surface area contributed by atoms with E-state index in [-0.39, 0.29) is 5.54 Å². The lowest BCUT2D eigenvalue weighted by atomic mass is 10.0. The van der Waals surface area contributed by atoms with Crippen LogP contribution in [0.5, 0.6) is 0 Å². The van der Waals surface area contributed by atoms with Gasteiger partial charge in [0.25, 0.3) is 0 Å². The van der Waals surface area contributed by atoms with Crippen LogP contribution >= 0.6 is 0 Å². The number of anilines is 1. The van der Waals surface area contributed by atoms with Gasteiger partial charge in [-0.25, -0.2) is 9.97 Å². The van der Waals surface area contributed by atoms with E-state index < -0.39 is 0 Å².